The van der Waals surface area contributed by atoms with Gasteiger partial charge < -0.3 is 4.74 Å². The molecule has 1 unspecified atom stereocenters. The average Bonchev–Trinajstić information content (AvgIpc) is 3.48. The Hall–Kier alpha value is -2.46. The Morgan fingerprint density at radius 2 is 1.31 bits per heavy atom. The molecule has 3 nitrogen and oxygen atoms in total. The van der Waals surface area contributed by atoms with Crippen LogP contribution in [0.5, 0.6) is 0 Å². The van der Waals surface area contributed by atoms with Gasteiger partial charge in [0, 0.05) is 0 Å². The zero-order valence-corrected chi connectivity index (χ0v) is 16.6. The molecule has 3 heteroatoms. The first-order chi connectivity index (χ1) is 14.3. The SMILES string of the molecule is c1ccc(COC2CCC3(CC2)ON3C(c2ccccc2)c2ccccc2)cc1. The van der Waals surface area contributed by atoms with Crippen molar-refractivity contribution in [3.05, 3.63) is 108 Å². The van der Waals surface area contributed by atoms with Crippen molar-refractivity contribution in [3.8, 4) is 0 Å². The van der Waals surface area contributed by atoms with Gasteiger partial charge >= 0.3 is 0 Å². The molecule has 0 bridgehead atoms. The smallest absolute Gasteiger partial charge is 0.166 e. The van der Waals surface area contributed by atoms with Crippen LogP contribution in [-0.2, 0) is 16.2 Å². The van der Waals surface area contributed by atoms with E-state index < -0.39 is 0 Å². The molecule has 148 valence electrons. The van der Waals surface area contributed by atoms with Gasteiger partial charge in [0.1, 0.15) is 0 Å². The normalized spacial score (nSPS) is 26.0. The second kappa shape index (κ2) is 8.11. The Bertz CT molecular complexity index is 866. The Balaban J connectivity index is 1.25. The van der Waals surface area contributed by atoms with Gasteiger partial charge in [0.2, 0.25) is 0 Å². The fourth-order valence-corrected chi connectivity index (χ4v) is 4.49. The molecule has 1 saturated carbocycles. The minimum Gasteiger partial charge on any atom is -0.374 e. The van der Waals surface area contributed by atoms with E-state index in [0.29, 0.717) is 12.7 Å². The number of hydroxylamine groups is 2. The largest absolute Gasteiger partial charge is 0.374 e. The third-order valence-electron chi connectivity index (χ3n) is 6.15. The first kappa shape index (κ1) is 18.6. The third-order valence-corrected chi connectivity index (χ3v) is 6.15. The lowest BCUT2D eigenvalue weighted by Crippen LogP contribution is -2.31. The van der Waals surface area contributed by atoms with Crippen LogP contribution in [0.2, 0.25) is 0 Å². The molecule has 1 atom stereocenters. The summed E-state index contributed by atoms with van der Waals surface area (Å²) >= 11 is 0. The monoisotopic (exact) mass is 385 g/mol. The molecule has 3 aromatic carbocycles. The van der Waals surface area contributed by atoms with Crippen molar-refractivity contribution in [2.24, 2.45) is 0 Å². The summed E-state index contributed by atoms with van der Waals surface area (Å²) < 4.78 is 6.18. The summed E-state index contributed by atoms with van der Waals surface area (Å²) in [7, 11) is 0. The summed E-state index contributed by atoms with van der Waals surface area (Å²) in [6.45, 7) is 0.694. The highest BCUT2D eigenvalue weighted by atomic mass is 16.9. The molecule has 1 saturated heterocycles. The van der Waals surface area contributed by atoms with Crippen molar-refractivity contribution in [1.29, 1.82) is 0 Å². The molecule has 29 heavy (non-hydrogen) atoms. The van der Waals surface area contributed by atoms with Crippen molar-refractivity contribution >= 4 is 0 Å². The van der Waals surface area contributed by atoms with Gasteiger partial charge in [-0.1, -0.05) is 91.0 Å². The van der Waals surface area contributed by atoms with E-state index in [4.69, 9.17) is 9.57 Å². The second-order valence-electron chi connectivity index (χ2n) is 8.08. The van der Waals surface area contributed by atoms with E-state index in [9.17, 15) is 0 Å². The molecule has 3 aromatic rings. The Labute approximate surface area is 172 Å². The number of ether oxygens (including phenoxy) is 1. The van der Waals surface area contributed by atoms with Crippen LogP contribution in [0.25, 0.3) is 0 Å². The predicted octanol–water partition coefficient (Wildman–Crippen LogP) is 5.88. The van der Waals surface area contributed by atoms with Crippen LogP contribution in [0.4, 0.5) is 0 Å². The van der Waals surface area contributed by atoms with E-state index in [0.717, 1.165) is 25.7 Å². The van der Waals surface area contributed by atoms with E-state index in [1.807, 2.05) is 6.07 Å². The van der Waals surface area contributed by atoms with Gasteiger partial charge in [-0.2, -0.15) is 0 Å². The standard InChI is InChI=1S/C26H27NO2/c1-4-10-21(11-5-1)20-28-24-16-18-26(19-17-24)27(29-26)25(22-12-6-2-7-13-22)23-14-8-3-9-15-23/h1-15,24-25H,16-20H2. The van der Waals surface area contributed by atoms with Crippen LogP contribution in [0.1, 0.15) is 48.4 Å². The van der Waals surface area contributed by atoms with Crippen molar-refractivity contribution in [2.45, 2.75) is 50.2 Å². The molecule has 1 aliphatic heterocycles. The molecule has 0 aromatic heterocycles. The van der Waals surface area contributed by atoms with Crippen molar-refractivity contribution < 1.29 is 9.57 Å². The Morgan fingerprint density at radius 3 is 1.86 bits per heavy atom. The fourth-order valence-electron chi connectivity index (χ4n) is 4.49. The van der Waals surface area contributed by atoms with Crippen LogP contribution in [-0.4, -0.2) is 16.9 Å². The minimum absolute atomic E-state index is 0.136. The van der Waals surface area contributed by atoms with E-state index in [1.54, 1.807) is 0 Å². The molecule has 1 heterocycles. The van der Waals surface area contributed by atoms with Gasteiger partial charge in [-0.25, -0.2) is 0 Å². The summed E-state index contributed by atoms with van der Waals surface area (Å²) in [6.07, 6.45) is 4.43. The summed E-state index contributed by atoms with van der Waals surface area (Å²) in [4.78, 5) is 6.31. The van der Waals surface area contributed by atoms with E-state index in [-0.39, 0.29) is 11.8 Å². The summed E-state index contributed by atoms with van der Waals surface area (Å²) in [6, 6.07) is 31.9. The molecule has 2 fully saturated rings. The molecular formula is C26H27NO2. The van der Waals surface area contributed by atoms with Crippen molar-refractivity contribution in [1.82, 2.24) is 5.06 Å². The number of hydrogen-bond donors (Lipinski definition) is 0. The van der Waals surface area contributed by atoms with E-state index in [2.05, 4.69) is 90.0 Å². The fraction of sp³-hybridized carbons (Fsp3) is 0.308. The number of nitrogens with zero attached hydrogens (tertiary/aromatic N) is 1. The van der Waals surface area contributed by atoms with Crippen LogP contribution < -0.4 is 0 Å². The van der Waals surface area contributed by atoms with Crippen molar-refractivity contribution in [3.63, 3.8) is 0 Å². The van der Waals surface area contributed by atoms with Crippen LogP contribution in [0, 0.1) is 0 Å². The molecule has 5 rings (SSSR count). The molecule has 1 aliphatic carbocycles. The Morgan fingerprint density at radius 1 is 0.793 bits per heavy atom. The maximum absolute atomic E-state index is 6.31. The quantitative estimate of drug-likeness (QED) is 0.495. The highest BCUT2D eigenvalue weighted by Crippen LogP contribution is 2.53. The topological polar surface area (TPSA) is 24.8 Å². The number of benzene rings is 3. The van der Waals surface area contributed by atoms with Crippen LogP contribution >= 0.6 is 0 Å². The number of hydrogen-bond acceptors (Lipinski definition) is 3. The first-order valence-corrected chi connectivity index (χ1v) is 10.6. The molecule has 1 spiro atoms. The van der Waals surface area contributed by atoms with E-state index >= 15 is 0 Å². The zero-order valence-electron chi connectivity index (χ0n) is 16.6. The second-order valence-corrected chi connectivity index (χ2v) is 8.08. The highest BCUT2D eigenvalue weighted by molar-refractivity contribution is 5.32. The van der Waals surface area contributed by atoms with Gasteiger partial charge in [-0.15, -0.1) is 5.06 Å². The minimum atomic E-state index is -0.136. The van der Waals surface area contributed by atoms with E-state index in [1.165, 1.54) is 16.7 Å². The number of rotatable bonds is 6. The maximum atomic E-state index is 6.31. The lowest BCUT2D eigenvalue weighted by Gasteiger charge is -2.28. The maximum Gasteiger partial charge on any atom is 0.166 e. The summed E-state index contributed by atoms with van der Waals surface area (Å²) in [5, 5.41) is 2.23. The predicted molar refractivity (Wildman–Crippen MR) is 114 cm³/mol. The van der Waals surface area contributed by atoms with Gasteiger partial charge in [-0.3, -0.25) is 4.84 Å². The van der Waals surface area contributed by atoms with Gasteiger partial charge in [0.15, 0.2) is 5.72 Å². The van der Waals surface area contributed by atoms with Crippen LogP contribution in [0.3, 0.4) is 0 Å². The van der Waals surface area contributed by atoms with Gasteiger partial charge in [-0.05, 0) is 42.4 Å². The lowest BCUT2D eigenvalue weighted by atomic mass is 9.89. The third kappa shape index (κ3) is 3.99. The lowest BCUT2D eigenvalue weighted by molar-refractivity contribution is 0.00151. The molecular weight excluding hydrogens is 358 g/mol. The van der Waals surface area contributed by atoms with Crippen molar-refractivity contribution in [2.75, 3.05) is 0 Å². The zero-order chi connectivity index (χ0) is 19.5. The summed E-state index contributed by atoms with van der Waals surface area (Å²) in [5.41, 5.74) is 3.66. The molecule has 0 amide bonds. The van der Waals surface area contributed by atoms with Gasteiger partial charge in [0.05, 0.1) is 18.8 Å². The first-order valence-electron chi connectivity index (χ1n) is 10.6. The van der Waals surface area contributed by atoms with Gasteiger partial charge in [0.25, 0.3) is 0 Å². The molecule has 0 N–H and O–H groups in total. The summed E-state index contributed by atoms with van der Waals surface area (Å²) in [5.74, 6) is 0. The molecule has 0 radical (unpaired) electrons. The molecule has 2 aliphatic rings. The van der Waals surface area contributed by atoms with Crippen LogP contribution in [0.15, 0.2) is 91.0 Å². The Kier molecular flexibility index (Phi) is 5.19. The highest BCUT2D eigenvalue weighted by Gasteiger charge is 2.59. The average molecular weight is 386 g/mol.